The molecule has 5 nitrogen and oxygen atoms in total. The number of hydrogen-bond acceptors (Lipinski definition) is 3. The Morgan fingerprint density at radius 2 is 2.15 bits per heavy atom. The molecule has 1 N–H and O–H groups in total. The number of halogens is 1. The molecule has 2 amide bonds. The van der Waals surface area contributed by atoms with E-state index < -0.39 is 5.82 Å². The molecule has 0 aromatic heterocycles. The molecule has 0 radical (unpaired) electrons. The van der Waals surface area contributed by atoms with Gasteiger partial charge >= 0.3 is 0 Å². The molecule has 1 aromatic carbocycles. The summed E-state index contributed by atoms with van der Waals surface area (Å²) in [4.78, 5) is 26.6. The maximum absolute atomic E-state index is 13.8. The second-order valence-corrected chi connectivity index (χ2v) is 6.99. The van der Waals surface area contributed by atoms with Gasteiger partial charge in [-0.3, -0.25) is 9.59 Å². The first-order chi connectivity index (χ1) is 13.0. The summed E-state index contributed by atoms with van der Waals surface area (Å²) in [6, 6.07) is 4.62. The fourth-order valence-electron chi connectivity index (χ4n) is 3.21. The fraction of sp³-hybridized carbons (Fsp3) is 0.524. The van der Waals surface area contributed by atoms with E-state index >= 15 is 0 Å². The molecule has 1 aliphatic heterocycles. The summed E-state index contributed by atoms with van der Waals surface area (Å²) in [5.74, 6) is -0.615. The van der Waals surface area contributed by atoms with Crippen molar-refractivity contribution < 1.29 is 18.7 Å². The van der Waals surface area contributed by atoms with Gasteiger partial charge in [0.25, 0.3) is 0 Å². The lowest BCUT2D eigenvalue weighted by Crippen LogP contribution is -2.49. The average Bonchev–Trinajstić information content (AvgIpc) is 2.66. The van der Waals surface area contributed by atoms with Crippen LogP contribution in [-0.2, 0) is 9.59 Å². The van der Waals surface area contributed by atoms with E-state index in [1.807, 2.05) is 6.92 Å². The molecule has 1 heterocycles. The lowest BCUT2D eigenvalue weighted by Gasteiger charge is -2.36. The lowest BCUT2D eigenvalue weighted by atomic mass is 9.92. The highest BCUT2D eigenvalue weighted by atomic mass is 19.1. The van der Waals surface area contributed by atoms with Gasteiger partial charge in [-0.2, -0.15) is 0 Å². The zero-order valence-electron chi connectivity index (χ0n) is 16.3. The minimum atomic E-state index is -0.470. The quantitative estimate of drug-likeness (QED) is 0.586. The van der Waals surface area contributed by atoms with Gasteiger partial charge in [-0.25, -0.2) is 4.39 Å². The van der Waals surface area contributed by atoms with Crippen LogP contribution < -0.4 is 10.1 Å². The van der Waals surface area contributed by atoms with Gasteiger partial charge in [0.05, 0.1) is 13.0 Å². The standard InChI is InChI=1S/C21H29FN2O3/c1-4-5-12-23-21(26)17-9-6-15(2)24(14-17)20(25)11-8-16-7-10-19(27-3)18(22)13-16/h7-8,10-11,13,15,17H,4-6,9,12,14H2,1-3H3,(H,23,26)/b11-8+. The van der Waals surface area contributed by atoms with Gasteiger partial charge in [-0.05, 0) is 50.0 Å². The maximum atomic E-state index is 13.8. The van der Waals surface area contributed by atoms with Crippen molar-refractivity contribution >= 4 is 17.9 Å². The molecule has 1 aromatic rings. The minimum absolute atomic E-state index is 0.0226. The van der Waals surface area contributed by atoms with Crippen molar-refractivity contribution in [1.82, 2.24) is 10.2 Å². The molecule has 27 heavy (non-hydrogen) atoms. The molecule has 0 spiro atoms. The van der Waals surface area contributed by atoms with Gasteiger partial charge < -0.3 is 15.0 Å². The Morgan fingerprint density at radius 3 is 2.81 bits per heavy atom. The van der Waals surface area contributed by atoms with Crippen LogP contribution in [0.4, 0.5) is 4.39 Å². The van der Waals surface area contributed by atoms with E-state index in [4.69, 9.17) is 4.74 Å². The highest BCUT2D eigenvalue weighted by Gasteiger charge is 2.31. The molecule has 148 valence electrons. The van der Waals surface area contributed by atoms with Crippen LogP contribution in [-0.4, -0.2) is 43.0 Å². The molecular weight excluding hydrogens is 347 g/mol. The third kappa shape index (κ3) is 5.81. The summed E-state index contributed by atoms with van der Waals surface area (Å²) >= 11 is 0. The van der Waals surface area contributed by atoms with Gasteiger partial charge in [-0.15, -0.1) is 0 Å². The number of amides is 2. The fourth-order valence-corrected chi connectivity index (χ4v) is 3.21. The van der Waals surface area contributed by atoms with E-state index in [0.29, 0.717) is 18.7 Å². The first-order valence-electron chi connectivity index (χ1n) is 9.56. The van der Waals surface area contributed by atoms with Crippen molar-refractivity contribution in [3.63, 3.8) is 0 Å². The average molecular weight is 376 g/mol. The zero-order valence-corrected chi connectivity index (χ0v) is 16.3. The number of likely N-dealkylation sites (tertiary alicyclic amines) is 1. The van der Waals surface area contributed by atoms with Crippen molar-refractivity contribution in [2.45, 2.75) is 45.6 Å². The summed E-state index contributed by atoms with van der Waals surface area (Å²) < 4.78 is 18.7. The van der Waals surface area contributed by atoms with Gasteiger partial charge in [0.2, 0.25) is 11.8 Å². The third-order valence-corrected chi connectivity index (χ3v) is 4.96. The van der Waals surface area contributed by atoms with Gasteiger partial charge in [0.15, 0.2) is 11.6 Å². The van der Waals surface area contributed by atoms with Crippen LogP contribution in [0.3, 0.4) is 0 Å². The number of carbonyl (C=O) groups excluding carboxylic acids is 2. The monoisotopic (exact) mass is 376 g/mol. The number of nitrogens with zero attached hydrogens (tertiary/aromatic N) is 1. The highest BCUT2D eigenvalue weighted by molar-refractivity contribution is 5.92. The Bertz CT molecular complexity index is 690. The second kappa shape index (κ2) is 10.1. The number of piperidine rings is 1. The number of ether oxygens (including phenoxy) is 1. The van der Waals surface area contributed by atoms with E-state index in [9.17, 15) is 14.0 Å². The molecule has 2 atom stereocenters. The Morgan fingerprint density at radius 1 is 1.37 bits per heavy atom. The molecule has 1 aliphatic rings. The van der Waals surface area contributed by atoms with Gasteiger partial charge in [0, 0.05) is 25.2 Å². The summed E-state index contributed by atoms with van der Waals surface area (Å²) in [6.45, 7) is 5.16. The van der Waals surface area contributed by atoms with Gasteiger partial charge in [0.1, 0.15) is 0 Å². The number of unbranched alkanes of at least 4 members (excludes halogenated alkanes) is 1. The molecule has 0 bridgehead atoms. The Labute approximate surface area is 160 Å². The van der Waals surface area contributed by atoms with Gasteiger partial charge in [-0.1, -0.05) is 19.4 Å². The normalized spacial score (nSPS) is 19.9. The predicted molar refractivity (Wildman–Crippen MR) is 104 cm³/mol. The predicted octanol–water partition coefficient (Wildman–Crippen LogP) is 3.39. The molecule has 0 aliphatic carbocycles. The topological polar surface area (TPSA) is 58.6 Å². The van der Waals surface area contributed by atoms with Crippen molar-refractivity contribution in [3.05, 3.63) is 35.7 Å². The van der Waals surface area contributed by atoms with E-state index in [1.165, 1.54) is 25.3 Å². The lowest BCUT2D eigenvalue weighted by molar-refractivity contribution is -0.134. The van der Waals surface area contributed by atoms with Crippen LogP contribution in [0.25, 0.3) is 6.08 Å². The van der Waals surface area contributed by atoms with Crippen molar-refractivity contribution in [3.8, 4) is 5.75 Å². The maximum Gasteiger partial charge on any atom is 0.246 e. The molecule has 2 unspecified atom stereocenters. The van der Waals surface area contributed by atoms with Crippen LogP contribution in [0, 0.1) is 11.7 Å². The summed E-state index contributed by atoms with van der Waals surface area (Å²) in [7, 11) is 1.41. The highest BCUT2D eigenvalue weighted by Crippen LogP contribution is 2.23. The molecule has 6 heteroatoms. The van der Waals surface area contributed by atoms with Crippen LogP contribution >= 0.6 is 0 Å². The first-order valence-corrected chi connectivity index (χ1v) is 9.56. The molecular formula is C21H29FN2O3. The van der Waals surface area contributed by atoms with Crippen LogP contribution in [0.5, 0.6) is 5.75 Å². The van der Waals surface area contributed by atoms with Crippen LogP contribution in [0.15, 0.2) is 24.3 Å². The van der Waals surface area contributed by atoms with Crippen molar-refractivity contribution in [2.24, 2.45) is 5.92 Å². The Kier molecular flexibility index (Phi) is 7.82. The number of rotatable bonds is 7. The smallest absolute Gasteiger partial charge is 0.246 e. The van der Waals surface area contributed by atoms with Crippen molar-refractivity contribution in [2.75, 3.05) is 20.2 Å². The molecule has 1 fully saturated rings. The summed E-state index contributed by atoms with van der Waals surface area (Å²) in [5, 5.41) is 2.95. The van der Waals surface area contributed by atoms with Crippen molar-refractivity contribution in [1.29, 1.82) is 0 Å². The Hall–Kier alpha value is -2.37. The SMILES string of the molecule is CCCCNC(=O)C1CCC(C)N(C(=O)/C=C/c2ccc(OC)c(F)c2)C1. The van der Waals surface area contributed by atoms with Crippen LogP contribution in [0.2, 0.25) is 0 Å². The number of hydrogen-bond donors (Lipinski definition) is 1. The number of carbonyl (C=O) groups is 2. The number of benzene rings is 1. The van der Waals surface area contributed by atoms with Crippen LogP contribution in [0.1, 0.15) is 45.1 Å². The second-order valence-electron chi connectivity index (χ2n) is 6.99. The molecule has 1 saturated heterocycles. The van der Waals surface area contributed by atoms with E-state index in [2.05, 4.69) is 12.2 Å². The van der Waals surface area contributed by atoms with E-state index in [-0.39, 0.29) is 29.5 Å². The first kappa shape index (κ1) is 20.9. The van der Waals surface area contributed by atoms with E-state index in [1.54, 1.807) is 17.0 Å². The number of nitrogens with one attached hydrogen (secondary N) is 1. The molecule has 2 rings (SSSR count). The Balaban J connectivity index is 1.99. The summed E-state index contributed by atoms with van der Waals surface area (Å²) in [6.07, 6.45) is 6.60. The third-order valence-electron chi connectivity index (χ3n) is 4.96. The van der Waals surface area contributed by atoms with E-state index in [0.717, 1.165) is 25.7 Å². The largest absolute Gasteiger partial charge is 0.494 e. The minimum Gasteiger partial charge on any atom is -0.494 e. The summed E-state index contributed by atoms with van der Waals surface area (Å²) in [5.41, 5.74) is 0.583. The number of methoxy groups -OCH3 is 1. The molecule has 0 saturated carbocycles. The zero-order chi connectivity index (χ0) is 19.8.